The lowest BCUT2D eigenvalue weighted by Crippen LogP contribution is -2.53. The first-order chi connectivity index (χ1) is 9.75. The average Bonchev–Trinajstić information content (AvgIpc) is 2.31. The van der Waals surface area contributed by atoms with Crippen LogP contribution in [0.15, 0.2) is 18.2 Å². The second-order valence-electron chi connectivity index (χ2n) is 6.15. The third-order valence-corrected chi connectivity index (χ3v) is 3.27. The molecular formula is C15H22FN3O2. The van der Waals surface area contributed by atoms with Crippen molar-refractivity contribution in [3.05, 3.63) is 24.0 Å². The molecule has 1 aliphatic heterocycles. The van der Waals surface area contributed by atoms with E-state index in [0.29, 0.717) is 18.8 Å². The number of benzene rings is 1. The number of nitrogen functional groups attached to an aromatic ring is 1. The Labute approximate surface area is 124 Å². The van der Waals surface area contributed by atoms with E-state index in [1.165, 1.54) is 18.2 Å². The Morgan fingerprint density at radius 3 is 2.95 bits per heavy atom. The van der Waals surface area contributed by atoms with Gasteiger partial charge in [-0.25, -0.2) is 4.39 Å². The van der Waals surface area contributed by atoms with Crippen molar-refractivity contribution in [3.63, 3.8) is 0 Å². The number of rotatable bonds is 3. The highest BCUT2D eigenvalue weighted by Crippen LogP contribution is 2.21. The predicted octanol–water partition coefficient (Wildman–Crippen LogP) is 1.85. The number of nitrogens with two attached hydrogens (primary N) is 1. The van der Waals surface area contributed by atoms with Gasteiger partial charge < -0.3 is 15.8 Å². The lowest BCUT2D eigenvalue weighted by molar-refractivity contribution is -0.136. The standard InChI is InChI=1S/C15H22FN3O2/c1-10-7-19(9-15(2,3)21-10)8-14(20)18-13-6-11(17)4-5-12(13)16/h4-6,10H,7-9,17H2,1-3H3,(H,18,20). The number of anilines is 2. The molecule has 2 rings (SSSR count). The molecule has 3 N–H and O–H groups in total. The van der Waals surface area contributed by atoms with E-state index in [1.807, 2.05) is 25.7 Å². The third kappa shape index (κ3) is 4.41. The van der Waals surface area contributed by atoms with E-state index < -0.39 is 5.82 Å². The zero-order valence-electron chi connectivity index (χ0n) is 12.6. The van der Waals surface area contributed by atoms with Crippen molar-refractivity contribution in [1.29, 1.82) is 0 Å². The van der Waals surface area contributed by atoms with Gasteiger partial charge in [0, 0.05) is 18.8 Å². The first-order valence-corrected chi connectivity index (χ1v) is 7.00. The Morgan fingerprint density at radius 2 is 2.29 bits per heavy atom. The highest BCUT2D eigenvalue weighted by Gasteiger charge is 2.32. The van der Waals surface area contributed by atoms with E-state index in [1.54, 1.807) is 0 Å². The van der Waals surface area contributed by atoms with Gasteiger partial charge in [-0.15, -0.1) is 0 Å². The van der Waals surface area contributed by atoms with Crippen molar-refractivity contribution in [2.45, 2.75) is 32.5 Å². The zero-order chi connectivity index (χ0) is 15.6. The Morgan fingerprint density at radius 1 is 1.57 bits per heavy atom. The number of nitrogens with one attached hydrogen (secondary N) is 1. The summed E-state index contributed by atoms with van der Waals surface area (Å²) in [5, 5.41) is 2.56. The minimum Gasteiger partial charge on any atom is -0.399 e. The number of ether oxygens (including phenoxy) is 1. The molecule has 0 spiro atoms. The van der Waals surface area contributed by atoms with Gasteiger partial charge in [0.05, 0.1) is 23.9 Å². The molecule has 1 heterocycles. The molecule has 1 aromatic rings. The Kier molecular flexibility index (Phi) is 4.49. The minimum atomic E-state index is -0.492. The molecule has 0 aliphatic carbocycles. The van der Waals surface area contributed by atoms with Crippen molar-refractivity contribution in [2.75, 3.05) is 30.7 Å². The van der Waals surface area contributed by atoms with Gasteiger partial charge >= 0.3 is 0 Å². The van der Waals surface area contributed by atoms with Crippen LogP contribution in [0, 0.1) is 5.82 Å². The van der Waals surface area contributed by atoms with Crippen molar-refractivity contribution in [3.8, 4) is 0 Å². The summed E-state index contributed by atoms with van der Waals surface area (Å²) < 4.78 is 19.4. The molecule has 0 saturated carbocycles. The van der Waals surface area contributed by atoms with E-state index in [2.05, 4.69) is 5.32 Å². The molecule has 0 aromatic heterocycles. The third-order valence-electron chi connectivity index (χ3n) is 3.27. The van der Waals surface area contributed by atoms with Crippen molar-refractivity contribution in [1.82, 2.24) is 4.90 Å². The number of carbonyl (C=O) groups is 1. The van der Waals surface area contributed by atoms with Crippen LogP contribution in [0.3, 0.4) is 0 Å². The fourth-order valence-electron chi connectivity index (χ4n) is 2.74. The molecule has 0 radical (unpaired) electrons. The summed E-state index contributed by atoms with van der Waals surface area (Å²) in [7, 11) is 0. The number of halogens is 1. The summed E-state index contributed by atoms with van der Waals surface area (Å²) in [6, 6.07) is 4.11. The van der Waals surface area contributed by atoms with E-state index in [-0.39, 0.29) is 29.8 Å². The predicted molar refractivity (Wildman–Crippen MR) is 80.5 cm³/mol. The van der Waals surface area contributed by atoms with Crippen LogP contribution in [0.5, 0.6) is 0 Å². The second kappa shape index (κ2) is 5.99. The van der Waals surface area contributed by atoms with Crippen LogP contribution in [-0.2, 0) is 9.53 Å². The van der Waals surface area contributed by atoms with Crippen LogP contribution in [0.2, 0.25) is 0 Å². The van der Waals surface area contributed by atoms with Crippen LogP contribution in [0.25, 0.3) is 0 Å². The van der Waals surface area contributed by atoms with E-state index in [4.69, 9.17) is 10.5 Å². The zero-order valence-corrected chi connectivity index (χ0v) is 12.6. The fourth-order valence-corrected chi connectivity index (χ4v) is 2.74. The molecule has 5 nitrogen and oxygen atoms in total. The van der Waals surface area contributed by atoms with Gasteiger partial charge in [-0.2, -0.15) is 0 Å². The number of amides is 1. The molecule has 1 amide bonds. The van der Waals surface area contributed by atoms with Crippen molar-refractivity contribution >= 4 is 17.3 Å². The maximum Gasteiger partial charge on any atom is 0.238 e. The Hall–Kier alpha value is -1.66. The van der Waals surface area contributed by atoms with Gasteiger partial charge in [0.15, 0.2) is 0 Å². The van der Waals surface area contributed by atoms with Gasteiger partial charge in [0.1, 0.15) is 5.82 Å². The number of morpholine rings is 1. The summed E-state index contributed by atoms with van der Waals surface area (Å²) in [6.45, 7) is 7.49. The van der Waals surface area contributed by atoms with Gasteiger partial charge in [-0.05, 0) is 39.0 Å². The Bertz CT molecular complexity index is 534. The molecule has 1 saturated heterocycles. The number of carbonyl (C=O) groups excluding carboxylic acids is 1. The molecule has 1 aliphatic rings. The van der Waals surface area contributed by atoms with Gasteiger partial charge in [-0.1, -0.05) is 0 Å². The van der Waals surface area contributed by atoms with Crippen molar-refractivity contribution < 1.29 is 13.9 Å². The van der Waals surface area contributed by atoms with Crippen LogP contribution >= 0.6 is 0 Å². The van der Waals surface area contributed by atoms with Crippen LogP contribution in [0.4, 0.5) is 15.8 Å². The average molecular weight is 295 g/mol. The van der Waals surface area contributed by atoms with Crippen LogP contribution < -0.4 is 11.1 Å². The lowest BCUT2D eigenvalue weighted by atomic mass is 10.1. The molecule has 1 atom stereocenters. The largest absolute Gasteiger partial charge is 0.399 e. The molecule has 1 aromatic carbocycles. The minimum absolute atomic E-state index is 0.0608. The molecule has 21 heavy (non-hydrogen) atoms. The second-order valence-corrected chi connectivity index (χ2v) is 6.15. The molecule has 0 bridgehead atoms. The Balaban J connectivity index is 1.97. The van der Waals surface area contributed by atoms with Crippen molar-refractivity contribution in [2.24, 2.45) is 0 Å². The summed E-state index contributed by atoms with van der Waals surface area (Å²) in [4.78, 5) is 14.1. The summed E-state index contributed by atoms with van der Waals surface area (Å²) in [5.74, 6) is -0.752. The maximum atomic E-state index is 13.6. The SMILES string of the molecule is CC1CN(CC(=O)Nc2cc(N)ccc2F)CC(C)(C)O1. The topological polar surface area (TPSA) is 67.6 Å². The first kappa shape index (κ1) is 15.7. The summed E-state index contributed by atoms with van der Waals surface area (Å²) in [5.41, 5.74) is 5.83. The first-order valence-electron chi connectivity index (χ1n) is 7.00. The van der Waals surface area contributed by atoms with Gasteiger partial charge in [-0.3, -0.25) is 9.69 Å². The van der Waals surface area contributed by atoms with Gasteiger partial charge in [0.2, 0.25) is 5.91 Å². The number of hydrogen-bond donors (Lipinski definition) is 2. The molecule has 116 valence electrons. The normalized spacial score (nSPS) is 22.0. The molecule has 6 heteroatoms. The van der Waals surface area contributed by atoms with Gasteiger partial charge in [0.25, 0.3) is 0 Å². The highest BCUT2D eigenvalue weighted by molar-refractivity contribution is 5.92. The molecular weight excluding hydrogens is 273 g/mol. The fraction of sp³-hybridized carbons (Fsp3) is 0.533. The smallest absolute Gasteiger partial charge is 0.238 e. The lowest BCUT2D eigenvalue weighted by Gasteiger charge is -2.41. The number of hydrogen-bond acceptors (Lipinski definition) is 4. The molecule has 1 unspecified atom stereocenters. The van der Waals surface area contributed by atoms with Crippen LogP contribution in [-0.4, -0.2) is 42.1 Å². The summed E-state index contributed by atoms with van der Waals surface area (Å²) in [6.07, 6.45) is 0.0608. The number of nitrogens with zero attached hydrogens (tertiary/aromatic N) is 1. The highest BCUT2D eigenvalue weighted by atomic mass is 19.1. The van der Waals surface area contributed by atoms with Crippen LogP contribution in [0.1, 0.15) is 20.8 Å². The quantitative estimate of drug-likeness (QED) is 0.835. The monoisotopic (exact) mass is 295 g/mol. The summed E-state index contributed by atoms with van der Waals surface area (Å²) >= 11 is 0. The maximum absolute atomic E-state index is 13.6. The van der Waals surface area contributed by atoms with E-state index >= 15 is 0 Å². The molecule has 1 fully saturated rings. The van der Waals surface area contributed by atoms with E-state index in [0.717, 1.165) is 0 Å². The van der Waals surface area contributed by atoms with E-state index in [9.17, 15) is 9.18 Å².